The fourth-order valence-corrected chi connectivity index (χ4v) is 4.32. The molecule has 0 saturated heterocycles. The summed E-state index contributed by atoms with van der Waals surface area (Å²) in [4.78, 5) is 15.6. The molecule has 36 heavy (non-hydrogen) atoms. The van der Waals surface area contributed by atoms with Crippen LogP contribution in [0, 0.1) is 11.8 Å². The van der Waals surface area contributed by atoms with Gasteiger partial charge in [0.25, 0.3) is 0 Å². The number of hydrogen-bond donors (Lipinski definition) is 2. The number of rotatable bonds is 15. The molecule has 0 heterocycles. The van der Waals surface area contributed by atoms with Crippen molar-refractivity contribution in [2.24, 2.45) is 11.8 Å². The molecule has 0 aromatic rings. The highest BCUT2D eigenvalue weighted by atomic mass is 16.5. The number of carbonyl (C=O) groups excluding carboxylic acids is 1. The number of aliphatic hydroxyl groups excluding tert-OH is 1. The summed E-state index contributed by atoms with van der Waals surface area (Å²) < 4.78 is 11.6. The van der Waals surface area contributed by atoms with E-state index < -0.39 is 6.35 Å². The summed E-state index contributed by atoms with van der Waals surface area (Å²) in [5.41, 5.74) is 1.99. The highest BCUT2D eigenvalue weighted by Crippen LogP contribution is 2.26. The quantitative estimate of drug-likeness (QED) is 0.250. The molecule has 0 aliphatic heterocycles. The lowest BCUT2D eigenvalue weighted by Gasteiger charge is -2.33. The van der Waals surface area contributed by atoms with E-state index in [9.17, 15) is 9.90 Å². The van der Waals surface area contributed by atoms with Gasteiger partial charge in [0.2, 0.25) is 5.91 Å². The van der Waals surface area contributed by atoms with E-state index >= 15 is 0 Å². The van der Waals surface area contributed by atoms with Gasteiger partial charge in [-0.15, -0.1) is 0 Å². The minimum atomic E-state index is -0.819. The monoisotopic (exact) mass is 501 g/mol. The number of amides is 1. The molecule has 0 bridgehead atoms. The molecule has 2 aliphatic rings. The normalized spacial score (nSPS) is 20.4. The average Bonchev–Trinajstić information content (AvgIpc) is 3.06. The van der Waals surface area contributed by atoms with Crippen LogP contribution in [0.15, 0.2) is 59.2 Å². The molecule has 0 fully saturated rings. The Morgan fingerprint density at radius 2 is 1.97 bits per heavy atom. The zero-order chi connectivity index (χ0) is 26.5. The van der Waals surface area contributed by atoms with E-state index in [0.717, 1.165) is 48.5 Å². The summed E-state index contributed by atoms with van der Waals surface area (Å²) in [5.74, 6) is 2.18. The minimum Gasteiger partial charge on any atom is -0.494 e. The second kappa shape index (κ2) is 15.6. The molecule has 2 aliphatic carbocycles. The van der Waals surface area contributed by atoms with Crippen LogP contribution in [0.2, 0.25) is 0 Å². The molecule has 1 amide bonds. The first-order chi connectivity index (χ1) is 17.3. The molecule has 2 N–H and O–H groups in total. The van der Waals surface area contributed by atoms with Gasteiger partial charge in [0.1, 0.15) is 5.76 Å². The molecule has 202 valence electrons. The van der Waals surface area contributed by atoms with Crippen LogP contribution in [0.3, 0.4) is 0 Å². The highest BCUT2D eigenvalue weighted by molar-refractivity contribution is 5.78. The largest absolute Gasteiger partial charge is 0.494 e. The number of nitrogens with one attached hydrogen (secondary N) is 1. The molecule has 2 rings (SSSR count). The van der Waals surface area contributed by atoms with Crippen molar-refractivity contribution < 1.29 is 19.4 Å². The van der Waals surface area contributed by atoms with Gasteiger partial charge >= 0.3 is 0 Å². The Bertz CT molecular complexity index is 857. The molecule has 7 heteroatoms. The van der Waals surface area contributed by atoms with Crippen molar-refractivity contribution in [2.75, 3.05) is 40.9 Å². The molecule has 0 aromatic carbocycles. The van der Waals surface area contributed by atoms with Crippen LogP contribution in [-0.2, 0) is 14.3 Å². The molecule has 0 aromatic heterocycles. The van der Waals surface area contributed by atoms with Crippen molar-refractivity contribution >= 4 is 5.91 Å². The predicted molar refractivity (Wildman–Crippen MR) is 146 cm³/mol. The second-order valence-corrected chi connectivity index (χ2v) is 9.78. The molecular formula is C29H47N3O4. The first kappa shape index (κ1) is 29.7. The van der Waals surface area contributed by atoms with Crippen molar-refractivity contribution in [3.8, 4) is 0 Å². The van der Waals surface area contributed by atoms with Gasteiger partial charge in [-0.25, -0.2) is 0 Å². The molecule has 3 atom stereocenters. The third-order valence-corrected chi connectivity index (χ3v) is 6.61. The van der Waals surface area contributed by atoms with Crippen LogP contribution in [-0.4, -0.2) is 68.1 Å². The number of nitrogens with zero attached hydrogens (tertiary/aromatic N) is 2. The summed E-state index contributed by atoms with van der Waals surface area (Å²) in [6.45, 7) is 8.47. The summed E-state index contributed by atoms with van der Waals surface area (Å²) >= 11 is 0. The summed E-state index contributed by atoms with van der Waals surface area (Å²) in [7, 11) is 5.22. The van der Waals surface area contributed by atoms with Gasteiger partial charge in [0, 0.05) is 39.3 Å². The molecule has 0 radical (unpaired) electrons. The van der Waals surface area contributed by atoms with Crippen LogP contribution in [0.1, 0.15) is 59.3 Å². The Labute approximate surface area is 218 Å². The van der Waals surface area contributed by atoms with Crippen molar-refractivity contribution in [1.82, 2.24) is 15.1 Å². The number of aliphatic hydroxyl groups is 1. The van der Waals surface area contributed by atoms with Gasteiger partial charge in [-0.05, 0) is 42.4 Å². The number of carbonyl (C=O) groups is 1. The first-order valence-electron chi connectivity index (χ1n) is 13.4. The Morgan fingerprint density at radius 1 is 1.19 bits per heavy atom. The second-order valence-electron chi connectivity index (χ2n) is 9.78. The number of ether oxygens (including phenoxy) is 2. The molecular weight excluding hydrogens is 454 g/mol. The molecule has 0 saturated carbocycles. The van der Waals surface area contributed by atoms with Crippen molar-refractivity contribution in [3.63, 3.8) is 0 Å². The maximum absolute atomic E-state index is 12.0. The van der Waals surface area contributed by atoms with Crippen LogP contribution < -0.4 is 5.32 Å². The zero-order valence-corrected chi connectivity index (χ0v) is 23.1. The third-order valence-electron chi connectivity index (χ3n) is 6.61. The highest BCUT2D eigenvalue weighted by Gasteiger charge is 2.23. The van der Waals surface area contributed by atoms with Gasteiger partial charge in [-0.1, -0.05) is 57.9 Å². The Kier molecular flexibility index (Phi) is 12.9. The lowest BCUT2D eigenvalue weighted by atomic mass is 9.86. The third kappa shape index (κ3) is 9.17. The van der Waals surface area contributed by atoms with Crippen LogP contribution in [0.4, 0.5) is 0 Å². The fourth-order valence-electron chi connectivity index (χ4n) is 4.32. The van der Waals surface area contributed by atoms with Crippen molar-refractivity contribution in [3.05, 3.63) is 59.2 Å². The average molecular weight is 502 g/mol. The molecule has 2 unspecified atom stereocenters. The molecule has 0 spiro atoms. The smallest absolute Gasteiger partial charge is 0.226 e. The number of allylic oxidation sites excluding steroid dienone is 5. The van der Waals surface area contributed by atoms with Crippen LogP contribution in [0.5, 0.6) is 0 Å². The van der Waals surface area contributed by atoms with Gasteiger partial charge in [-0.2, -0.15) is 0 Å². The maximum atomic E-state index is 12.0. The van der Waals surface area contributed by atoms with E-state index in [1.165, 1.54) is 0 Å². The Morgan fingerprint density at radius 3 is 2.61 bits per heavy atom. The SMILES string of the molecule is CCCCCOC1=C(OC)C=CC(N(CCC)C(O)NC[C@@H]2C=CC(CC(=O)N(C)C)=CC2C)=CC1. The number of unbranched alkanes of at least 4 members (excludes halogenated alkanes) is 2. The fraction of sp³-hybridized carbons (Fsp3) is 0.621. The van der Waals surface area contributed by atoms with Gasteiger partial charge in [0.15, 0.2) is 12.1 Å². The summed E-state index contributed by atoms with van der Waals surface area (Å²) in [6, 6.07) is 0. The zero-order valence-electron chi connectivity index (χ0n) is 23.1. The summed E-state index contributed by atoms with van der Waals surface area (Å²) in [6.07, 6.45) is 16.8. The first-order valence-corrected chi connectivity index (χ1v) is 13.4. The standard InChI is InChI=1S/C29H47N3O4/c1-7-9-10-18-36-27-16-14-25(13-15-26(27)35-6)32(17-8-2)29(34)30-21-24-12-11-23(19-22(24)3)20-28(33)31(4)5/h11-15,19,22,24,29-30,34H,7-10,16-18,20-21H2,1-6H3/t22?,24-,29?/m0/s1. The van der Waals surface area contributed by atoms with Gasteiger partial charge < -0.3 is 24.4 Å². The van der Waals surface area contributed by atoms with E-state index in [-0.39, 0.29) is 17.7 Å². The predicted octanol–water partition coefficient (Wildman–Crippen LogP) is 4.70. The van der Waals surface area contributed by atoms with E-state index in [4.69, 9.17) is 9.47 Å². The topological polar surface area (TPSA) is 74.3 Å². The number of methoxy groups -OCH3 is 1. The van der Waals surface area contributed by atoms with E-state index in [1.807, 2.05) is 23.1 Å². The lowest BCUT2D eigenvalue weighted by molar-refractivity contribution is -0.127. The van der Waals surface area contributed by atoms with Crippen molar-refractivity contribution in [1.29, 1.82) is 0 Å². The van der Waals surface area contributed by atoms with E-state index in [0.29, 0.717) is 32.5 Å². The Hall–Kier alpha value is -2.51. The van der Waals surface area contributed by atoms with E-state index in [2.05, 4.69) is 44.3 Å². The Balaban J connectivity index is 1.98. The lowest BCUT2D eigenvalue weighted by Crippen LogP contribution is -2.47. The van der Waals surface area contributed by atoms with E-state index in [1.54, 1.807) is 26.1 Å². The van der Waals surface area contributed by atoms with Crippen LogP contribution >= 0.6 is 0 Å². The van der Waals surface area contributed by atoms with Gasteiger partial charge in [0.05, 0.1) is 20.1 Å². The maximum Gasteiger partial charge on any atom is 0.226 e. The van der Waals surface area contributed by atoms with Crippen LogP contribution in [0.25, 0.3) is 0 Å². The van der Waals surface area contributed by atoms with Gasteiger partial charge in [-0.3, -0.25) is 10.1 Å². The minimum absolute atomic E-state index is 0.102. The number of hydrogen-bond acceptors (Lipinski definition) is 6. The molecule has 7 nitrogen and oxygen atoms in total. The van der Waals surface area contributed by atoms with Crippen molar-refractivity contribution in [2.45, 2.75) is 65.6 Å². The summed E-state index contributed by atoms with van der Waals surface area (Å²) in [5, 5.41) is 14.4.